The van der Waals surface area contributed by atoms with Crippen molar-refractivity contribution >= 4 is 17.8 Å². The maximum Gasteiger partial charge on any atom is 0.329 e. The molecule has 1 aliphatic heterocycles. The van der Waals surface area contributed by atoms with Gasteiger partial charge in [-0.15, -0.1) is 10.2 Å². The van der Waals surface area contributed by atoms with Gasteiger partial charge in [0.25, 0.3) is 17.7 Å². The number of ether oxygens (including phenoxy) is 1. The van der Waals surface area contributed by atoms with E-state index in [0.717, 1.165) is 4.90 Å². The first kappa shape index (κ1) is 17.8. The monoisotopic (exact) mass is 357 g/mol. The van der Waals surface area contributed by atoms with Crippen LogP contribution < -0.4 is 0 Å². The van der Waals surface area contributed by atoms with Crippen LogP contribution in [-0.2, 0) is 16.1 Å². The van der Waals surface area contributed by atoms with Crippen LogP contribution in [0.4, 0.5) is 0 Å². The lowest BCUT2D eigenvalue weighted by molar-refractivity contribution is -0.151. The largest absolute Gasteiger partial charge is 0.454 e. The van der Waals surface area contributed by atoms with E-state index in [1.165, 1.54) is 0 Å². The van der Waals surface area contributed by atoms with Crippen LogP contribution in [-0.4, -0.2) is 38.9 Å². The van der Waals surface area contributed by atoms with Crippen LogP contribution >= 0.6 is 0 Å². The number of benzene rings is 1. The van der Waals surface area contributed by atoms with Gasteiger partial charge in [-0.3, -0.25) is 14.5 Å². The molecule has 0 saturated heterocycles. The molecule has 1 aromatic carbocycles. The molecule has 0 aliphatic carbocycles. The number of carbonyl (C=O) groups excluding carboxylic acids is 3. The Balaban J connectivity index is 1.81. The topological polar surface area (TPSA) is 103 Å². The van der Waals surface area contributed by atoms with E-state index in [2.05, 4.69) is 10.2 Å². The molecule has 2 heterocycles. The molecule has 3 rings (SSSR count). The normalized spacial score (nSPS) is 14.7. The van der Waals surface area contributed by atoms with E-state index in [1.54, 1.807) is 31.2 Å². The quantitative estimate of drug-likeness (QED) is 0.576. The van der Waals surface area contributed by atoms with Crippen molar-refractivity contribution in [1.29, 1.82) is 0 Å². The number of hydrogen-bond acceptors (Lipinski definition) is 7. The Morgan fingerprint density at radius 1 is 1.15 bits per heavy atom. The number of rotatable bonds is 6. The van der Waals surface area contributed by atoms with Crippen LogP contribution in [0.2, 0.25) is 0 Å². The average molecular weight is 357 g/mol. The molecule has 0 N–H and O–H groups in total. The van der Waals surface area contributed by atoms with Crippen molar-refractivity contribution in [2.75, 3.05) is 0 Å². The molecule has 0 spiro atoms. The van der Waals surface area contributed by atoms with Gasteiger partial charge in [0.05, 0.1) is 11.1 Å². The lowest BCUT2D eigenvalue weighted by Crippen LogP contribution is -2.46. The Hall–Kier alpha value is -3.03. The summed E-state index contributed by atoms with van der Waals surface area (Å²) >= 11 is 0. The van der Waals surface area contributed by atoms with E-state index >= 15 is 0 Å². The van der Waals surface area contributed by atoms with Gasteiger partial charge in [0.2, 0.25) is 5.89 Å². The van der Waals surface area contributed by atoms with E-state index < -0.39 is 23.8 Å². The first-order chi connectivity index (χ1) is 12.4. The second-order valence-electron chi connectivity index (χ2n) is 6.49. The minimum atomic E-state index is -1.01. The summed E-state index contributed by atoms with van der Waals surface area (Å²) < 4.78 is 10.4. The fourth-order valence-electron chi connectivity index (χ4n) is 2.87. The van der Waals surface area contributed by atoms with E-state index in [1.807, 2.05) is 13.8 Å². The van der Waals surface area contributed by atoms with Crippen molar-refractivity contribution in [3.05, 3.63) is 47.2 Å². The summed E-state index contributed by atoms with van der Waals surface area (Å²) in [5, 5.41) is 7.42. The number of fused-ring (bicyclic) bond motifs is 1. The number of esters is 1. The molecule has 26 heavy (non-hydrogen) atoms. The number of carbonyl (C=O) groups is 3. The molecule has 1 aromatic heterocycles. The molecule has 0 saturated carbocycles. The van der Waals surface area contributed by atoms with Gasteiger partial charge in [0.1, 0.15) is 6.04 Å². The third kappa shape index (κ3) is 3.35. The molecule has 136 valence electrons. The highest BCUT2D eigenvalue weighted by atomic mass is 16.5. The fourth-order valence-corrected chi connectivity index (χ4v) is 2.87. The molecule has 8 heteroatoms. The molecular weight excluding hydrogens is 338 g/mol. The lowest BCUT2D eigenvalue weighted by atomic mass is 10.0. The second kappa shape index (κ2) is 7.07. The molecule has 1 atom stereocenters. The number of nitrogens with zero attached hydrogens (tertiary/aromatic N) is 3. The van der Waals surface area contributed by atoms with Gasteiger partial charge in [-0.2, -0.15) is 0 Å². The number of aromatic nitrogens is 2. The number of hydrogen-bond donors (Lipinski definition) is 0. The molecular formula is C18H19N3O5. The zero-order chi connectivity index (χ0) is 18.8. The van der Waals surface area contributed by atoms with Crippen LogP contribution in [0.1, 0.15) is 52.8 Å². The van der Waals surface area contributed by atoms with Gasteiger partial charge >= 0.3 is 5.97 Å². The van der Waals surface area contributed by atoms with Gasteiger partial charge in [0.15, 0.2) is 6.61 Å². The van der Waals surface area contributed by atoms with Crippen molar-refractivity contribution in [3.8, 4) is 0 Å². The van der Waals surface area contributed by atoms with Crippen LogP contribution in [0.25, 0.3) is 0 Å². The number of amides is 2. The first-order valence-electron chi connectivity index (χ1n) is 8.31. The summed E-state index contributed by atoms with van der Waals surface area (Å²) in [7, 11) is 0. The van der Waals surface area contributed by atoms with Crippen LogP contribution in [0.15, 0.2) is 28.7 Å². The van der Waals surface area contributed by atoms with Crippen LogP contribution in [0.5, 0.6) is 0 Å². The highest BCUT2D eigenvalue weighted by Crippen LogP contribution is 2.27. The van der Waals surface area contributed by atoms with E-state index in [9.17, 15) is 14.4 Å². The highest BCUT2D eigenvalue weighted by molar-refractivity contribution is 6.22. The molecule has 0 unspecified atom stereocenters. The summed E-state index contributed by atoms with van der Waals surface area (Å²) in [5.41, 5.74) is 0.596. The van der Waals surface area contributed by atoms with E-state index in [0.29, 0.717) is 23.4 Å². The summed E-state index contributed by atoms with van der Waals surface area (Å²) in [5.74, 6) is -1.06. The Kier molecular flexibility index (Phi) is 4.83. The van der Waals surface area contributed by atoms with Gasteiger partial charge in [-0.1, -0.05) is 26.0 Å². The molecule has 0 fully saturated rings. The molecule has 2 amide bonds. The van der Waals surface area contributed by atoms with Gasteiger partial charge in [0, 0.05) is 6.92 Å². The van der Waals surface area contributed by atoms with Gasteiger partial charge in [-0.25, -0.2) is 4.79 Å². The zero-order valence-electron chi connectivity index (χ0n) is 14.8. The minimum Gasteiger partial charge on any atom is -0.454 e. The fraction of sp³-hybridized carbons (Fsp3) is 0.389. The summed E-state index contributed by atoms with van der Waals surface area (Å²) in [4.78, 5) is 39.0. The standard InChI is InChI=1S/C18H19N3O5/c1-10(2)8-14(18(24)25-9-15-20-19-11(3)26-15)21-16(22)12-6-4-5-7-13(12)17(21)23/h4-7,10,14H,8-9H2,1-3H3/t14-/m0/s1. The van der Waals surface area contributed by atoms with Crippen molar-refractivity contribution in [3.63, 3.8) is 0 Å². The van der Waals surface area contributed by atoms with Crippen molar-refractivity contribution < 1.29 is 23.5 Å². The summed E-state index contributed by atoms with van der Waals surface area (Å²) in [6.07, 6.45) is 0.299. The number of imide groups is 1. The molecule has 8 nitrogen and oxygen atoms in total. The first-order valence-corrected chi connectivity index (χ1v) is 8.31. The summed E-state index contributed by atoms with van der Waals surface area (Å²) in [6, 6.07) is 5.51. The van der Waals surface area contributed by atoms with Crippen LogP contribution in [0.3, 0.4) is 0 Å². The SMILES string of the molecule is Cc1nnc(COC(=O)[C@H](CC(C)C)N2C(=O)c3ccccc3C2=O)o1. The Morgan fingerprint density at radius 3 is 2.27 bits per heavy atom. The third-order valence-corrected chi connectivity index (χ3v) is 4.01. The van der Waals surface area contributed by atoms with Gasteiger partial charge < -0.3 is 9.15 Å². The molecule has 2 aromatic rings. The Morgan fingerprint density at radius 2 is 1.77 bits per heavy atom. The smallest absolute Gasteiger partial charge is 0.329 e. The Labute approximate surface area is 150 Å². The predicted molar refractivity (Wildman–Crippen MR) is 89.0 cm³/mol. The van der Waals surface area contributed by atoms with Crippen molar-refractivity contribution in [2.24, 2.45) is 5.92 Å². The maximum atomic E-state index is 12.7. The van der Waals surface area contributed by atoms with E-state index in [4.69, 9.17) is 9.15 Å². The third-order valence-electron chi connectivity index (χ3n) is 4.01. The maximum absolute atomic E-state index is 12.7. The zero-order valence-corrected chi connectivity index (χ0v) is 14.8. The van der Waals surface area contributed by atoms with Gasteiger partial charge in [-0.05, 0) is 24.5 Å². The minimum absolute atomic E-state index is 0.0718. The number of aryl methyl sites for hydroxylation is 1. The lowest BCUT2D eigenvalue weighted by Gasteiger charge is -2.25. The highest BCUT2D eigenvalue weighted by Gasteiger charge is 2.43. The Bertz CT molecular complexity index is 823. The molecule has 1 aliphatic rings. The second-order valence-corrected chi connectivity index (χ2v) is 6.49. The van der Waals surface area contributed by atoms with E-state index in [-0.39, 0.29) is 18.4 Å². The summed E-state index contributed by atoms with van der Waals surface area (Å²) in [6.45, 7) is 5.22. The van der Waals surface area contributed by atoms with Crippen molar-refractivity contribution in [1.82, 2.24) is 15.1 Å². The molecule has 0 radical (unpaired) electrons. The molecule has 0 bridgehead atoms. The van der Waals surface area contributed by atoms with Crippen LogP contribution in [0, 0.1) is 12.8 Å². The predicted octanol–water partition coefficient (Wildman–Crippen LogP) is 2.13. The van der Waals surface area contributed by atoms with Crippen molar-refractivity contribution in [2.45, 2.75) is 39.8 Å². The average Bonchev–Trinajstić information content (AvgIpc) is 3.13.